The van der Waals surface area contributed by atoms with Crippen molar-refractivity contribution in [1.82, 2.24) is 4.98 Å². The number of nitrogens with one attached hydrogen (secondary N) is 1. The highest BCUT2D eigenvalue weighted by Crippen LogP contribution is 2.27. The fourth-order valence-electron chi connectivity index (χ4n) is 2.46. The summed E-state index contributed by atoms with van der Waals surface area (Å²) in [6.07, 6.45) is -1.03. The van der Waals surface area contributed by atoms with Gasteiger partial charge in [-0.3, -0.25) is 14.9 Å². The van der Waals surface area contributed by atoms with Crippen molar-refractivity contribution < 1.29 is 19.1 Å². The zero-order valence-corrected chi connectivity index (χ0v) is 15.7. The molecule has 1 amide bonds. The Bertz CT molecular complexity index is 923. The molecule has 2 aromatic carbocycles. The molecule has 138 valence electrons. The van der Waals surface area contributed by atoms with Gasteiger partial charge in [0.1, 0.15) is 5.75 Å². The summed E-state index contributed by atoms with van der Waals surface area (Å²) in [6, 6.07) is 16.3. The topological polar surface area (TPSA) is 77.5 Å². The van der Waals surface area contributed by atoms with Crippen LogP contribution in [0.2, 0.25) is 0 Å². The van der Waals surface area contributed by atoms with Gasteiger partial charge in [-0.2, -0.15) is 0 Å². The molecule has 0 bridgehead atoms. The second-order valence-corrected chi connectivity index (χ2v) is 6.51. The number of hydrogen-bond donors (Lipinski definition) is 1. The number of benzene rings is 2. The number of carbonyl (C=O) groups excluding carboxylic acids is 2. The molecule has 0 saturated carbocycles. The third kappa shape index (κ3) is 4.71. The molecule has 0 aliphatic heterocycles. The van der Waals surface area contributed by atoms with Gasteiger partial charge in [0, 0.05) is 23.4 Å². The van der Waals surface area contributed by atoms with Gasteiger partial charge < -0.3 is 9.47 Å². The molecule has 3 rings (SSSR count). The number of thiazole rings is 1. The highest BCUT2D eigenvalue weighted by atomic mass is 32.1. The smallest absolute Gasteiger partial charge is 0.303 e. The quantitative estimate of drug-likeness (QED) is 0.651. The van der Waals surface area contributed by atoms with E-state index < -0.39 is 18.0 Å². The maximum absolute atomic E-state index is 12.6. The van der Waals surface area contributed by atoms with Crippen LogP contribution in [-0.2, 0) is 14.3 Å². The van der Waals surface area contributed by atoms with Gasteiger partial charge >= 0.3 is 5.97 Å². The lowest BCUT2D eigenvalue weighted by Crippen LogP contribution is -2.25. The Hall–Kier alpha value is -3.19. The Kier molecular flexibility index (Phi) is 5.83. The third-order valence-corrected chi connectivity index (χ3v) is 4.50. The number of anilines is 1. The summed E-state index contributed by atoms with van der Waals surface area (Å²) < 4.78 is 10.3. The molecule has 0 spiro atoms. The van der Waals surface area contributed by atoms with E-state index in [1.807, 2.05) is 35.7 Å². The van der Waals surface area contributed by atoms with Gasteiger partial charge in [0.15, 0.2) is 5.13 Å². The lowest BCUT2D eigenvalue weighted by Gasteiger charge is -2.16. The second kappa shape index (κ2) is 8.46. The van der Waals surface area contributed by atoms with Crippen molar-refractivity contribution in [3.05, 3.63) is 65.5 Å². The molecule has 0 fully saturated rings. The van der Waals surface area contributed by atoms with Crippen LogP contribution in [0.25, 0.3) is 11.3 Å². The largest absolute Gasteiger partial charge is 0.497 e. The fourth-order valence-corrected chi connectivity index (χ4v) is 3.19. The first-order valence-corrected chi connectivity index (χ1v) is 9.08. The fraction of sp³-hybridized carbons (Fsp3) is 0.150. The van der Waals surface area contributed by atoms with Crippen LogP contribution >= 0.6 is 11.3 Å². The number of amides is 1. The van der Waals surface area contributed by atoms with Crippen LogP contribution in [0.5, 0.6) is 5.75 Å². The molecule has 1 atom stereocenters. The van der Waals surface area contributed by atoms with Crippen LogP contribution in [0.15, 0.2) is 60.0 Å². The molecule has 0 aliphatic rings. The summed E-state index contributed by atoms with van der Waals surface area (Å²) in [5.41, 5.74) is 2.24. The highest BCUT2D eigenvalue weighted by molar-refractivity contribution is 7.14. The van der Waals surface area contributed by atoms with E-state index in [0.717, 1.165) is 17.0 Å². The van der Waals surface area contributed by atoms with Crippen molar-refractivity contribution in [1.29, 1.82) is 0 Å². The van der Waals surface area contributed by atoms with E-state index in [-0.39, 0.29) is 0 Å². The molecule has 7 heteroatoms. The Labute approximate surface area is 160 Å². The molecule has 27 heavy (non-hydrogen) atoms. The first-order valence-electron chi connectivity index (χ1n) is 8.20. The van der Waals surface area contributed by atoms with Crippen LogP contribution in [0, 0.1) is 0 Å². The van der Waals surface area contributed by atoms with Gasteiger partial charge in [-0.05, 0) is 24.3 Å². The van der Waals surface area contributed by atoms with Crippen molar-refractivity contribution in [2.45, 2.75) is 13.0 Å². The van der Waals surface area contributed by atoms with E-state index in [1.54, 1.807) is 31.4 Å². The number of nitrogens with zero attached hydrogens (tertiary/aromatic N) is 1. The molecule has 1 heterocycles. The number of ether oxygens (including phenoxy) is 2. The summed E-state index contributed by atoms with van der Waals surface area (Å²) in [5.74, 6) is -0.223. The van der Waals surface area contributed by atoms with Gasteiger partial charge in [0.2, 0.25) is 6.10 Å². The normalized spacial score (nSPS) is 11.5. The van der Waals surface area contributed by atoms with Gasteiger partial charge in [-0.1, -0.05) is 30.3 Å². The number of esters is 1. The minimum Gasteiger partial charge on any atom is -0.497 e. The van der Waals surface area contributed by atoms with Crippen molar-refractivity contribution in [3.63, 3.8) is 0 Å². The number of rotatable bonds is 6. The Balaban J connectivity index is 1.76. The number of aromatic nitrogens is 1. The molecule has 1 aromatic heterocycles. The molecule has 1 N–H and O–H groups in total. The minimum atomic E-state index is -1.03. The molecule has 0 saturated heterocycles. The van der Waals surface area contributed by atoms with Crippen molar-refractivity contribution in [3.8, 4) is 17.0 Å². The maximum Gasteiger partial charge on any atom is 0.303 e. The molecule has 0 unspecified atom stereocenters. The SMILES string of the molecule is COc1ccc(-c2csc(NC(=O)[C@H](OC(C)=O)c3ccccc3)n2)cc1. The zero-order valence-electron chi connectivity index (χ0n) is 14.8. The third-order valence-electron chi connectivity index (χ3n) is 3.74. The van der Waals surface area contributed by atoms with Crippen molar-refractivity contribution in [2.75, 3.05) is 12.4 Å². The van der Waals surface area contributed by atoms with Crippen LogP contribution in [0.4, 0.5) is 5.13 Å². The molecule has 0 radical (unpaired) electrons. The number of hydrogen-bond acceptors (Lipinski definition) is 6. The van der Waals surface area contributed by atoms with E-state index in [1.165, 1.54) is 18.3 Å². The van der Waals surface area contributed by atoms with E-state index in [4.69, 9.17) is 9.47 Å². The standard InChI is InChI=1S/C20H18N2O4S/c1-13(23)26-18(15-6-4-3-5-7-15)19(24)22-20-21-17(12-27-20)14-8-10-16(25-2)11-9-14/h3-12,18H,1-2H3,(H,21,22,24)/t18-/m1/s1. The summed E-state index contributed by atoms with van der Waals surface area (Å²) >= 11 is 1.30. The van der Waals surface area contributed by atoms with E-state index in [9.17, 15) is 9.59 Å². The lowest BCUT2D eigenvalue weighted by atomic mass is 10.1. The Morgan fingerprint density at radius 2 is 1.78 bits per heavy atom. The van der Waals surface area contributed by atoms with Gasteiger partial charge in [0.05, 0.1) is 12.8 Å². The molecule has 3 aromatic rings. The summed E-state index contributed by atoms with van der Waals surface area (Å²) in [6.45, 7) is 1.27. The monoisotopic (exact) mass is 382 g/mol. The van der Waals surface area contributed by atoms with Crippen molar-refractivity contribution >= 4 is 28.3 Å². The van der Waals surface area contributed by atoms with Crippen LogP contribution in [0.1, 0.15) is 18.6 Å². The van der Waals surface area contributed by atoms with Crippen molar-refractivity contribution in [2.24, 2.45) is 0 Å². The van der Waals surface area contributed by atoms with Crippen LogP contribution in [-0.4, -0.2) is 24.0 Å². The molecule has 6 nitrogen and oxygen atoms in total. The second-order valence-electron chi connectivity index (χ2n) is 5.66. The van der Waals surface area contributed by atoms with E-state index in [2.05, 4.69) is 10.3 Å². The zero-order chi connectivity index (χ0) is 19.2. The van der Waals surface area contributed by atoms with Crippen LogP contribution in [0.3, 0.4) is 0 Å². The Morgan fingerprint density at radius 1 is 1.07 bits per heavy atom. The average molecular weight is 382 g/mol. The molecule has 0 aliphatic carbocycles. The van der Waals surface area contributed by atoms with Crippen LogP contribution < -0.4 is 10.1 Å². The van der Waals surface area contributed by atoms with E-state index in [0.29, 0.717) is 10.7 Å². The predicted molar refractivity (Wildman–Crippen MR) is 104 cm³/mol. The van der Waals surface area contributed by atoms with Gasteiger partial charge in [-0.15, -0.1) is 11.3 Å². The summed E-state index contributed by atoms with van der Waals surface area (Å²) in [4.78, 5) is 28.5. The molecular formula is C20H18N2O4S. The lowest BCUT2D eigenvalue weighted by molar-refractivity contribution is -0.152. The minimum absolute atomic E-state index is 0.430. The number of methoxy groups -OCH3 is 1. The van der Waals surface area contributed by atoms with E-state index >= 15 is 0 Å². The molecular weight excluding hydrogens is 364 g/mol. The van der Waals surface area contributed by atoms with Gasteiger partial charge in [0.25, 0.3) is 5.91 Å². The predicted octanol–water partition coefficient (Wildman–Crippen LogP) is 4.06. The maximum atomic E-state index is 12.6. The first-order chi connectivity index (χ1) is 13.1. The Morgan fingerprint density at radius 3 is 2.41 bits per heavy atom. The highest BCUT2D eigenvalue weighted by Gasteiger charge is 2.24. The number of carbonyl (C=O) groups is 2. The average Bonchev–Trinajstić information content (AvgIpc) is 3.15. The van der Waals surface area contributed by atoms with Gasteiger partial charge in [-0.25, -0.2) is 4.98 Å². The summed E-state index contributed by atoms with van der Waals surface area (Å²) in [7, 11) is 1.61. The summed E-state index contributed by atoms with van der Waals surface area (Å²) in [5, 5.41) is 5.00. The first kappa shape index (κ1) is 18.6.